The van der Waals surface area contributed by atoms with Crippen LogP contribution in [0.15, 0.2) is 29.4 Å². The van der Waals surface area contributed by atoms with Crippen LogP contribution in [0.1, 0.15) is 85.7 Å². The second-order valence-electron chi connectivity index (χ2n) is 8.88. The van der Waals surface area contributed by atoms with E-state index >= 15 is 0 Å². The molecule has 8 nitrogen and oxygen atoms in total. The number of aryl methyl sites for hydroxylation is 2. The SMILES string of the molecule is CSc1nnc(CCCNC(=O)c2nc(C)n(-c3ccccc3C(C)C)n2)n1C1CCCC1. The molecule has 9 heteroatoms. The first kappa shape index (κ1) is 23.5. The molecule has 2 heterocycles. The lowest BCUT2D eigenvalue weighted by Gasteiger charge is -2.16. The number of thioether (sulfide) groups is 1. The highest BCUT2D eigenvalue weighted by Gasteiger charge is 2.23. The van der Waals surface area contributed by atoms with E-state index in [-0.39, 0.29) is 11.7 Å². The molecular weight excluding hydrogens is 434 g/mol. The third-order valence-electron chi connectivity index (χ3n) is 6.23. The van der Waals surface area contributed by atoms with Crippen molar-refractivity contribution in [3.8, 4) is 5.69 Å². The van der Waals surface area contributed by atoms with E-state index < -0.39 is 0 Å². The number of nitrogens with one attached hydrogen (secondary N) is 1. The summed E-state index contributed by atoms with van der Waals surface area (Å²) in [7, 11) is 0. The van der Waals surface area contributed by atoms with E-state index in [9.17, 15) is 4.79 Å². The van der Waals surface area contributed by atoms with Gasteiger partial charge in [-0.05, 0) is 50.0 Å². The molecule has 1 aromatic carbocycles. The highest BCUT2D eigenvalue weighted by molar-refractivity contribution is 7.98. The smallest absolute Gasteiger partial charge is 0.290 e. The third-order valence-corrected chi connectivity index (χ3v) is 6.87. The average Bonchev–Trinajstić information content (AvgIpc) is 3.55. The Kier molecular flexibility index (Phi) is 7.47. The van der Waals surface area contributed by atoms with Gasteiger partial charge in [0.15, 0.2) is 5.16 Å². The van der Waals surface area contributed by atoms with Crippen molar-refractivity contribution < 1.29 is 4.79 Å². The van der Waals surface area contributed by atoms with Gasteiger partial charge in [0.2, 0.25) is 5.82 Å². The van der Waals surface area contributed by atoms with E-state index in [1.54, 1.807) is 16.4 Å². The molecule has 0 bridgehead atoms. The first-order valence-corrected chi connectivity index (χ1v) is 13.0. The van der Waals surface area contributed by atoms with Gasteiger partial charge in [0.05, 0.1) is 5.69 Å². The van der Waals surface area contributed by atoms with Gasteiger partial charge in [-0.1, -0.05) is 56.7 Å². The normalized spacial score (nSPS) is 14.3. The first-order chi connectivity index (χ1) is 16.0. The number of amides is 1. The van der Waals surface area contributed by atoms with Crippen molar-refractivity contribution in [1.82, 2.24) is 34.8 Å². The summed E-state index contributed by atoms with van der Waals surface area (Å²) < 4.78 is 4.08. The molecule has 1 N–H and O–H groups in total. The molecule has 3 aromatic rings. The third kappa shape index (κ3) is 5.13. The number of aromatic nitrogens is 6. The monoisotopic (exact) mass is 467 g/mol. The highest BCUT2D eigenvalue weighted by atomic mass is 32.2. The molecule has 1 amide bonds. The summed E-state index contributed by atoms with van der Waals surface area (Å²) in [6.07, 6.45) is 8.56. The summed E-state index contributed by atoms with van der Waals surface area (Å²) in [4.78, 5) is 17.1. The van der Waals surface area contributed by atoms with Crippen molar-refractivity contribution >= 4 is 17.7 Å². The molecule has 0 aliphatic heterocycles. The summed E-state index contributed by atoms with van der Waals surface area (Å²) in [5.74, 6) is 2.01. The molecule has 1 aliphatic rings. The predicted octanol–water partition coefficient (Wildman–Crippen LogP) is 4.49. The summed E-state index contributed by atoms with van der Waals surface area (Å²) in [6, 6.07) is 8.62. The lowest BCUT2D eigenvalue weighted by molar-refractivity contribution is 0.0942. The van der Waals surface area contributed by atoms with E-state index in [0.717, 1.165) is 29.5 Å². The Morgan fingerprint density at radius 2 is 1.97 bits per heavy atom. The van der Waals surface area contributed by atoms with Gasteiger partial charge in [-0.25, -0.2) is 9.67 Å². The Hall–Kier alpha value is -2.68. The molecule has 0 saturated heterocycles. The van der Waals surface area contributed by atoms with Crippen molar-refractivity contribution in [2.45, 2.75) is 76.4 Å². The van der Waals surface area contributed by atoms with Gasteiger partial charge in [-0.2, -0.15) is 0 Å². The fourth-order valence-corrected chi connectivity index (χ4v) is 5.13. The molecule has 0 atom stereocenters. The number of para-hydroxylation sites is 1. The zero-order chi connectivity index (χ0) is 23.4. The van der Waals surface area contributed by atoms with Crippen molar-refractivity contribution in [2.75, 3.05) is 12.8 Å². The maximum atomic E-state index is 12.7. The Morgan fingerprint density at radius 1 is 1.21 bits per heavy atom. The van der Waals surface area contributed by atoms with E-state index in [2.05, 4.69) is 50.1 Å². The zero-order valence-corrected chi connectivity index (χ0v) is 20.7. The van der Waals surface area contributed by atoms with Crippen LogP contribution in [0.5, 0.6) is 0 Å². The average molecular weight is 468 g/mol. The summed E-state index contributed by atoms with van der Waals surface area (Å²) in [5, 5.41) is 17.3. The zero-order valence-electron chi connectivity index (χ0n) is 19.9. The Labute approximate surface area is 199 Å². The number of carbonyl (C=O) groups is 1. The van der Waals surface area contributed by atoms with Gasteiger partial charge in [0.25, 0.3) is 5.91 Å². The van der Waals surface area contributed by atoms with Gasteiger partial charge in [-0.15, -0.1) is 15.3 Å². The van der Waals surface area contributed by atoms with E-state index in [1.807, 2.05) is 31.4 Å². The topological polar surface area (TPSA) is 90.5 Å². The molecule has 1 fully saturated rings. The second kappa shape index (κ2) is 10.5. The largest absolute Gasteiger partial charge is 0.349 e. The van der Waals surface area contributed by atoms with Crippen LogP contribution in [-0.4, -0.2) is 48.2 Å². The predicted molar refractivity (Wildman–Crippen MR) is 130 cm³/mol. The number of benzene rings is 1. The molecule has 0 unspecified atom stereocenters. The van der Waals surface area contributed by atoms with Gasteiger partial charge in [0.1, 0.15) is 11.6 Å². The van der Waals surface area contributed by atoms with Crippen LogP contribution in [0.3, 0.4) is 0 Å². The molecule has 1 saturated carbocycles. The number of nitrogens with zero attached hydrogens (tertiary/aromatic N) is 6. The van der Waals surface area contributed by atoms with Crippen LogP contribution in [-0.2, 0) is 6.42 Å². The van der Waals surface area contributed by atoms with Gasteiger partial charge < -0.3 is 9.88 Å². The number of carbonyl (C=O) groups excluding carboxylic acids is 1. The van der Waals surface area contributed by atoms with E-state index in [4.69, 9.17) is 0 Å². The summed E-state index contributed by atoms with van der Waals surface area (Å²) >= 11 is 1.65. The van der Waals surface area contributed by atoms with Crippen molar-refractivity contribution in [3.05, 3.63) is 47.3 Å². The van der Waals surface area contributed by atoms with E-state index in [1.165, 1.54) is 31.2 Å². The highest BCUT2D eigenvalue weighted by Crippen LogP contribution is 2.33. The Balaban J connectivity index is 1.37. The van der Waals surface area contributed by atoms with E-state index in [0.29, 0.717) is 24.3 Å². The van der Waals surface area contributed by atoms with Gasteiger partial charge in [0, 0.05) is 19.0 Å². The minimum atomic E-state index is -0.249. The fraction of sp³-hybridized carbons (Fsp3) is 0.542. The first-order valence-electron chi connectivity index (χ1n) is 11.8. The lowest BCUT2D eigenvalue weighted by Crippen LogP contribution is -2.26. The Bertz CT molecular complexity index is 1100. The lowest BCUT2D eigenvalue weighted by atomic mass is 10.0. The van der Waals surface area contributed by atoms with Crippen molar-refractivity contribution in [2.24, 2.45) is 0 Å². The van der Waals surface area contributed by atoms with Crippen LogP contribution in [0.25, 0.3) is 5.69 Å². The maximum Gasteiger partial charge on any atom is 0.290 e. The molecular formula is C24H33N7OS. The maximum absolute atomic E-state index is 12.7. The molecule has 2 aromatic heterocycles. The van der Waals surface area contributed by atoms with Crippen LogP contribution in [0, 0.1) is 6.92 Å². The van der Waals surface area contributed by atoms with Crippen LogP contribution in [0.4, 0.5) is 0 Å². The second-order valence-corrected chi connectivity index (χ2v) is 9.65. The minimum Gasteiger partial charge on any atom is -0.349 e. The molecule has 33 heavy (non-hydrogen) atoms. The van der Waals surface area contributed by atoms with Crippen LogP contribution < -0.4 is 5.32 Å². The number of hydrogen-bond donors (Lipinski definition) is 1. The standard InChI is InChI=1S/C24H33N7OS/c1-16(2)19-12-7-8-13-20(19)31-17(3)26-22(29-31)23(32)25-15-9-14-21-27-28-24(33-4)30(21)18-10-5-6-11-18/h7-8,12-13,16,18H,5-6,9-11,14-15H2,1-4H3,(H,25,32). The molecule has 176 valence electrons. The summed E-state index contributed by atoms with van der Waals surface area (Å²) in [5.41, 5.74) is 2.14. The fourth-order valence-electron chi connectivity index (χ4n) is 4.56. The molecule has 0 radical (unpaired) electrons. The minimum absolute atomic E-state index is 0.199. The van der Waals surface area contributed by atoms with Crippen LogP contribution >= 0.6 is 11.8 Å². The van der Waals surface area contributed by atoms with Gasteiger partial charge in [-0.3, -0.25) is 4.79 Å². The molecule has 4 rings (SSSR count). The van der Waals surface area contributed by atoms with Crippen molar-refractivity contribution in [1.29, 1.82) is 0 Å². The molecule has 0 spiro atoms. The summed E-state index contributed by atoms with van der Waals surface area (Å²) in [6.45, 7) is 6.71. The Morgan fingerprint density at radius 3 is 2.70 bits per heavy atom. The molecule has 1 aliphatic carbocycles. The van der Waals surface area contributed by atoms with Crippen LogP contribution in [0.2, 0.25) is 0 Å². The number of rotatable bonds is 9. The quantitative estimate of drug-likeness (QED) is 0.368. The number of hydrogen-bond acceptors (Lipinski definition) is 6. The van der Waals surface area contributed by atoms with Gasteiger partial charge >= 0.3 is 0 Å². The van der Waals surface area contributed by atoms with Crippen molar-refractivity contribution in [3.63, 3.8) is 0 Å².